The van der Waals surface area contributed by atoms with E-state index < -0.39 is 10.9 Å². The number of nitro benzene ring substituents is 1. The van der Waals surface area contributed by atoms with E-state index in [2.05, 4.69) is 0 Å². The SMILES string of the molecule is CCOc1cc(/C=C(/Sc2ccc([N+](=O)[O-])cc2)C(=O)[O-])ccc1OC. The van der Waals surface area contributed by atoms with Crippen LogP contribution < -0.4 is 14.6 Å². The molecular weight excluding hydrogens is 358 g/mol. The fourth-order valence-electron chi connectivity index (χ4n) is 2.10. The molecule has 0 radical (unpaired) electrons. The summed E-state index contributed by atoms with van der Waals surface area (Å²) in [7, 11) is 1.52. The molecule has 2 rings (SSSR count). The smallest absolute Gasteiger partial charge is 0.269 e. The molecule has 0 unspecified atom stereocenters. The van der Waals surface area contributed by atoms with E-state index in [0.717, 1.165) is 11.8 Å². The van der Waals surface area contributed by atoms with Gasteiger partial charge < -0.3 is 19.4 Å². The molecule has 0 aromatic heterocycles. The van der Waals surface area contributed by atoms with E-state index in [-0.39, 0.29) is 10.6 Å². The average Bonchev–Trinajstić information content (AvgIpc) is 2.62. The van der Waals surface area contributed by atoms with E-state index in [1.165, 1.54) is 37.5 Å². The first-order chi connectivity index (χ1) is 12.4. The van der Waals surface area contributed by atoms with Gasteiger partial charge in [0.2, 0.25) is 0 Å². The maximum absolute atomic E-state index is 11.5. The van der Waals surface area contributed by atoms with Crippen molar-refractivity contribution in [2.24, 2.45) is 0 Å². The number of hydrogen-bond acceptors (Lipinski definition) is 7. The lowest BCUT2D eigenvalue weighted by Crippen LogP contribution is -2.22. The molecular formula is C18H16NO6S-. The van der Waals surface area contributed by atoms with Crippen LogP contribution in [0.4, 0.5) is 5.69 Å². The zero-order valence-electron chi connectivity index (χ0n) is 14.1. The summed E-state index contributed by atoms with van der Waals surface area (Å²) in [6.07, 6.45) is 1.45. The van der Waals surface area contributed by atoms with Crippen molar-refractivity contribution in [2.45, 2.75) is 11.8 Å². The number of rotatable bonds is 8. The standard InChI is InChI=1S/C18H17NO6S/c1-3-25-16-10-12(4-9-15(16)24-2)11-17(18(20)21)26-14-7-5-13(6-8-14)19(22)23/h4-11H,3H2,1-2H3,(H,20,21)/p-1/b17-11+. The average molecular weight is 374 g/mol. The molecule has 0 aliphatic carbocycles. The van der Waals surface area contributed by atoms with Crippen LogP contribution in [0.15, 0.2) is 52.3 Å². The van der Waals surface area contributed by atoms with E-state index in [1.807, 2.05) is 6.92 Å². The Morgan fingerprint density at radius 1 is 1.19 bits per heavy atom. The molecule has 0 amide bonds. The monoisotopic (exact) mass is 374 g/mol. The van der Waals surface area contributed by atoms with Gasteiger partial charge in [-0.2, -0.15) is 0 Å². The number of carbonyl (C=O) groups is 1. The lowest BCUT2D eigenvalue weighted by molar-refractivity contribution is -0.384. The molecule has 136 valence electrons. The van der Waals surface area contributed by atoms with Crippen molar-refractivity contribution in [1.29, 1.82) is 0 Å². The molecule has 0 aliphatic rings. The van der Waals surface area contributed by atoms with Crippen LogP contribution in [-0.4, -0.2) is 24.6 Å². The minimum Gasteiger partial charge on any atom is -0.544 e. The Balaban J connectivity index is 2.30. The van der Waals surface area contributed by atoms with Gasteiger partial charge in [0.1, 0.15) is 0 Å². The quantitative estimate of drug-likeness (QED) is 0.303. The number of hydrogen-bond donors (Lipinski definition) is 0. The highest BCUT2D eigenvalue weighted by Crippen LogP contribution is 2.32. The molecule has 0 atom stereocenters. The molecule has 0 heterocycles. The van der Waals surface area contributed by atoms with Crippen molar-refractivity contribution in [3.05, 3.63) is 63.0 Å². The van der Waals surface area contributed by atoms with Gasteiger partial charge in [-0.05, 0) is 42.8 Å². The topological polar surface area (TPSA) is 102 Å². The number of thioether (sulfide) groups is 1. The number of carbonyl (C=O) groups excluding carboxylic acids is 1. The summed E-state index contributed by atoms with van der Waals surface area (Å²) in [5, 5.41) is 22.1. The van der Waals surface area contributed by atoms with Gasteiger partial charge in [0.15, 0.2) is 11.5 Å². The van der Waals surface area contributed by atoms with Gasteiger partial charge in [0.05, 0.1) is 24.6 Å². The molecule has 0 spiro atoms. The van der Waals surface area contributed by atoms with Crippen LogP contribution in [-0.2, 0) is 4.79 Å². The Hall–Kier alpha value is -3.00. The van der Waals surface area contributed by atoms with Gasteiger partial charge in [-0.3, -0.25) is 10.1 Å². The van der Waals surface area contributed by atoms with E-state index in [4.69, 9.17) is 9.47 Å². The van der Waals surface area contributed by atoms with Gasteiger partial charge in [-0.1, -0.05) is 17.8 Å². The molecule has 0 bridgehead atoms. The summed E-state index contributed by atoms with van der Waals surface area (Å²) in [4.78, 5) is 22.1. The van der Waals surface area contributed by atoms with E-state index in [9.17, 15) is 20.0 Å². The second kappa shape index (κ2) is 8.91. The normalized spacial score (nSPS) is 11.1. The molecule has 0 aliphatic heterocycles. The maximum atomic E-state index is 11.5. The second-order valence-electron chi connectivity index (χ2n) is 4.99. The molecule has 0 fully saturated rings. The molecule has 0 saturated heterocycles. The molecule has 8 heteroatoms. The first kappa shape index (κ1) is 19.3. The number of nitrogens with zero attached hydrogens (tertiary/aromatic N) is 1. The van der Waals surface area contributed by atoms with Crippen LogP contribution in [0.5, 0.6) is 11.5 Å². The van der Waals surface area contributed by atoms with Crippen LogP contribution in [0.2, 0.25) is 0 Å². The Bertz CT molecular complexity index is 832. The maximum Gasteiger partial charge on any atom is 0.269 e. The third-order valence-electron chi connectivity index (χ3n) is 3.26. The molecule has 7 nitrogen and oxygen atoms in total. The number of benzene rings is 2. The largest absolute Gasteiger partial charge is 0.544 e. The van der Waals surface area contributed by atoms with Gasteiger partial charge in [0, 0.05) is 21.9 Å². The predicted molar refractivity (Wildman–Crippen MR) is 96.1 cm³/mol. The second-order valence-corrected chi connectivity index (χ2v) is 6.11. The first-order valence-electron chi connectivity index (χ1n) is 7.60. The number of carboxylic acids is 1. The number of ether oxygens (including phenoxy) is 2. The zero-order chi connectivity index (χ0) is 19.1. The number of nitro groups is 1. The first-order valence-corrected chi connectivity index (χ1v) is 8.42. The van der Waals surface area contributed by atoms with Crippen molar-refractivity contribution in [3.8, 4) is 11.5 Å². The fourth-order valence-corrected chi connectivity index (χ4v) is 2.90. The highest BCUT2D eigenvalue weighted by atomic mass is 32.2. The predicted octanol–water partition coefficient (Wildman–Crippen LogP) is 2.89. The Morgan fingerprint density at radius 3 is 2.42 bits per heavy atom. The van der Waals surface area contributed by atoms with Crippen LogP contribution in [0.1, 0.15) is 12.5 Å². The summed E-state index contributed by atoms with van der Waals surface area (Å²) < 4.78 is 10.7. The van der Waals surface area contributed by atoms with Crippen molar-refractivity contribution in [1.82, 2.24) is 0 Å². The summed E-state index contributed by atoms with van der Waals surface area (Å²) >= 11 is 0.946. The Morgan fingerprint density at radius 2 is 1.88 bits per heavy atom. The van der Waals surface area contributed by atoms with E-state index in [0.29, 0.717) is 28.6 Å². The Labute approximate surface area is 154 Å². The van der Waals surface area contributed by atoms with Crippen molar-refractivity contribution in [3.63, 3.8) is 0 Å². The molecule has 2 aromatic carbocycles. The number of non-ortho nitro benzene ring substituents is 1. The highest BCUT2D eigenvalue weighted by molar-refractivity contribution is 8.04. The molecule has 0 saturated carbocycles. The van der Waals surface area contributed by atoms with Gasteiger partial charge in [-0.25, -0.2) is 0 Å². The van der Waals surface area contributed by atoms with Crippen LogP contribution in [0.25, 0.3) is 6.08 Å². The lowest BCUT2D eigenvalue weighted by atomic mass is 10.2. The fraction of sp³-hybridized carbons (Fsp3) is 0.167. The van der Waals surface area contributed by atoms with E-state index >= 15 is 0 Å². The van der Waals surface area contributed by atoms with Crippen molar-refractivity contribution in [2.75, 3.05) is 13.7 Å². The third-order valence-corrected chi connectivity index (χ3v) is 4.27. The van der Waals surface area contributed by atoms with Gasteiger partial charge >= 0.3 is 0 Å². The molecule has 26 heavy (non-hydrogen) atoms. The van der Waals surface area contributed by atoms with Crippen LogP contribution in [0, 0.1) is 10.1 Å². The molecule has 2 aromatic rings. The summed E-state index contributed by atoms with van der Waals surface area (Å²) in [5.74, 6) is -0.300. The summed E-state index contributed by atoms with van der Waals surface area (Å²) in [6, 6.07) is 10.6. The van der Waals surface area contributed by atoms with Crippen LogP contribution >= 0.6 is 11.8 Å². The van der Waals surface area contributed by atoms with Gasteiger partial charge in [-0.15, -0.1) is 0 Å². The number of aliphatic carboxylic acids is 1. The number of carboxylic acid groups (broad SMARTS) is 1. The van der Waals surface area contributed by atoms with E-state index in [1.54, 1.807) is 18.2 Å². The number of methoxy groups -OCH3 is 1. The van der Waals surface area contributed by atoms with Gasteiger partial charge in [0.25, 0.3) is 5.69 Å². The van der Waals surface area contributed by atoms with Crippen LogP contribution in [0.3, 0.4) is 0 Å². The van der Waals surface area contributed by atoms with Crippen molar-refractivity contribution < 1.29 is 24.3 Å². The lowest BCUT2D eigenvalue weighted by Gasteiger charge is -2.11. The molecule has 0 N–H and O–H groups in total. The minimum absolute atomic E-state index is 0.0357. The highest BCUT2D eigenvalue weighted by Gasteiger charge is 2.09. The van der Waals surface area contributed by atoms with Crippen molar-refractivity contribution >= 4 is 29.5 Å². The summed E-state index contributed by atoms with van der Waals surface area (Å²) in [5.41, 5.74) is 0.535. The Kier molecular flexibility index (Phi) is 6.62. The minimum atomic E-state index is -1.35. The third kappa shape index (κ3) is 5.00. The zero-order valence-corrected chi connectivity index (χ0v) is 14.9. The summed E-state index contributed by atoms with van der Waals surface area (Å²) in [6.45, 7) is 2.27.